The molecule has 116 valence electrons. The fraction of sp³-hybridized carbons (Fsp3) is 0.286. The van der Waals surface area contributed by atoms with Crippen LogP contribution in [0.2, 0.25) is 0 Å². The van der Waals surface area contributed by atoms with Gasteiger partial charge in [0, 0.05) is 0 Å². The van der Waals surface area contributed by atoms with Crippen molar-refractivity contribution >= 4 is 11.7 Å². The molecule has 2 N–H and O–H groups in total. The van der Waals surface area contributed by atoms with Crippen LogP contribution < -0.4 is 5.32 Å². The first-order chi connectivity index (χ1) is 10.4. The van der Waals surface area contributed by atoms with E-state index in [1.165, 1.54) is 16.9 Å². The largest absolute Gasteiger partial charge is 0.389 e. The second kappa shape index (κ2) is 6.35. The molecule has 0 radical (unpaired) electrons. The number of carbonyl (C=O) groups excluding carboxylic acids is 1. The summed E-state index contributed by atoms with van der Waals surface area (Å²) in [6.07, 6.45) is 1.35. The highest BCUT2D eigenvalue weighted by Crippen LogP contribution is 2.18. The molecule has 0 spiro atoms. The van der Waals surface area contributed by atoms with Crippen molar-refractivity contribution in [3.8, 4) is 0 Å². The standard InChI is InChI=1S/C14H16N4O4/c1-14(20,11-5-3-2-4-6-11)10-15-13(19)9-17-8-7-12(16-17)18(21)22/h2-8,20H,9-10H2,1H3,(H,15,19). The first-order valence-electron chi connectivity index (χ1n) is 6.61. The van der Waals surface area contributed by atoms with Crippen molar-refractivity contribution in [1.82, 2.24) is 15.1 Å². The summed E-state index contributed by atoms with van der Waals surface area (Å²) in [5, 5.41) is 27.1. The zero-order chi connectivity index (χ0) is 16.2. The van der Waals surface area contributed by atoms with Gasteiger partial charge < -0.3 is 20.5 Å². The molecule has 0 fully saturated rings. The topological polar surface area (TPSA) is 110 Å². The Morgan fingerprint density at radius 1 is 1.41 bits per heavy atom. The van der Waals surface area contributed by atoms with E-state index in [2.05, 4.69) is 10.4 Å². The minimum atomic E-state index is -1.20. The van der Waals surface area contributed by atoms with Gasteiger partial charge in [-0.25, -0.2) is 0 Å². The van der Waals surface area contributed by atoms with Crippen LogP contribution in [0.5, 0.6) is 0 Å². The van der Waals surface area contributed by atoms with E-state index in [-0.39, 0.29) is 18.9 Å². The summed E-state index contributed by atoms with van der Waals surface area (Å²) in [5.41, 5.74) is -0.516. The van der Waals surface area contributed by atoms with Crippen molar-refractivity contribution < 1.29 is 14.8 Å². The van der Waals surface area contributed by atoms with Gasteiger partial charge >= 0.3 is 5.82 Å². The van der Waals surface area contributed by atoms with Gasteiger partial charge in [-0.05, 0) is 17.4 Å². The number of hydrogen-bond donors (Lipinski definition) is 2. The highest BCUT2D eigenvalue weighted by molar-refractivity contribution is 5.75. The van der Waals surface area contributed by atoms with Gasteiger partial charge in [0.05, 0.1) is 23.9 Å². The molecule has 0 aliphatic carbocycles. The number of nitrogens with zero attached hydrogens (tertiary/aromatic N) is 3. The number of hydrogen-bond acceptors (Lipinski definition) is 5. The van der Waals surface area contributed by atoms with Crippen LogP contribution in [0.4, 0.5) is 5.82 Å². The van der Waals surface area contributed by atoms with E-state index in [1.54, 1.807) is 31.2 Å². The minimum absolute atomic E-state index is 0.0270. The molecule has 0 saturated heterocycles. The van der Waals surface area contributed by atoms with Gasteiger partial charge in [-0.2, -0.15) is 4.68 Å². The Morgan fingerprint density at radius 2 is 2.09 bits per heavy atom. The van der Waals surface area contributed by atoms with Gasteiger partial charge in [0.1, 0.15) is 12.1 Å². The van der Waals surface area contributed by atoms with Crippen molar-refractivity contribution in [3.63, 3.8) is 0 Å². The number of aromatic nitrogens is 2. The Hall–Kier alpha value is -2.74. The van der Waals surface area contributed by atoms with Crippen molar-refractivity contribution in [1.29, 1.82) is 0 Å². The summed E-state index contributed by atoms with van der Waals surface area (Å²) in [6.45, 7) is 1.47. The summed E-state index contributed by atoms with van der Waals surface area (Å²) < 4.78 is 1.17. The van der Waals surface area contributed by atoms with E-state index < -0.39 is 16.4 Å². The van der Waals surface area contributed by atoms with Crippen LogP contribution in [0, 0.1) is 10.1 Å². The number of carbonyl (C=O) groups is 1. The van der Waals surface area contributed by atoms with Crippen LogP contribution in [0.25, 0.3) is 0 Å². The Bertz CT molecular complexity index is 666. The van der Waals surface area contributed by atoms with Crippen molar-refractivity contribution in [2.24, 2.45) is 0 Å². The molecular weight excluding hydrogens is 288 g/mol. The summed E-state index contributed by atoms with van der Waals surface area (Å²) in [7, 11) is 0. The van der Waals surface area contributed by atoms with Crippen LogP contribution in [0.1, 0.15) is 12.5 Å². The average molecular weight is 304 g/mol. The number of aliphatic hydroxyl groups is 1. The van der Waals surface area contributed by atoms with Gasteiger partial charge in [0.15, 0.2) is 0 Å². The number of rotatable bonds is 6. The fourth-order valence-electron chi connectivity index (χ4n) is 1.91. The second-order valence-electron chi connectivity index (χ2n) is 5.05. The van der Waals surface area contributed by atoms with E-state index in [0.717, 1.165) is 0 Å². The maximum absolute atomic E-state index is 11.8. The lowest BCUT2D eigenvalue weighted by Gasteiger charge is -2.24. The molecule has 0 aliphatic heterocycles. The second-order valence-corrected chi connectivity index (χ2v) is 5.05. The summed E-state index contributed by atoms with van der Waals surface area (Å²) in [5.74, 6) is -0.710. The normalized spacial score (nSPS) is 13.4. The molecule has 0 aliphatic rings. The van der Waals surface area contributed by atoms with Gasteiger partial charge in [0.2, 0.25) is 5.91 Å². The molecule has 22 heavy (non-hydrogen) atoms. The Morgan fingerprint density at radius 3 is 2.68 bits per heavy atom. The maximum atomic E-state index is 11.8. The number of nitro groups is 1. The average Bonchev–Trinajstić information content (AvgIpc) is 2.95. The number of benzene rings is 1. The monoisotopic (exact) mass is 304 g/mol. The maximum Gasteiger partial charge on any atom is 0.389 e. The number of nitrogens with one attached hydrogen (secondary N) is 1. The molecule has 8 heteroatoms. The van der Waals surface area contributed by atoms with E-state index in [9.17, 15) is 20.0 Å². The third kappa shape index (κ3) is 3.89. The summed E-state index contributed by atoms with van der Waals surface area (Å²) >= 11 is 0. The zero-order valence-electron chi connectivity index (χ0n) is 12.0. The quantitative estimate of drug-likeness (QED) is 0.606. The van der Waals surface area contributed by atoms with E-state index >= 15 is 0 Å². The van der Waals surface area contributed by atoms with Crippen molar-refractivity contribution in [2.75, 3.05) is 6.54 Å². The smallest absolute Gasteiger partial charge is 0.384 e. The van der Waals surface area contributed by atoms with Crippen LogP contribution >= 0.6 is 0 Å². The molecule has 8 nitrogen and oxygen atoms in total. The van der Waals surface area contributed by atoms with Crippen LogP contribution in [-0.4, -0.2) is 32.3 Å². The van der Waals surface area contributed by atoms with Gasteiger partial charge in [-0.15, -0.1) is 0 Å². The molecule has 1 heterocycles. The predicted molar refractivity (Wildman–Crippen MR) is 77.9 cm³/mol. The Balaban J connectivity index is 1.91. The summed E-state index contributed by atoms with van der Waals surface area (Å²) in [6, 6.07) is 10.2. The fourth-order valence-corrected chi connectivity index (χ4v) is 1.91. The molecule has 0 saturated carbocycles. The minimum Gasteiger partial charge on any atom is -0.384 e. The third-order valence-electron chi connectivity index (χ3n) is 3.14. The SMILES string of the molecule is CC(O)(CNC(=O)Cn1ccc([N+](=O)[O-])n1)c1ccccc1. The Labute approximate surface area is 126 Å². The first kappa shape index (κ1) is 15.6. The molecule has 1 unspecified atom stereocenters. The van der Waals surface area contributed by atoms with Crippen molar-refractivity contribution in [3.05, 3.63) is 58.3 Å². The number of amides is 1. The van der Waals surface area contributed by atoms with E-state index in [0.29, 0.717) is 5.56 Å². The Kier molecular flexibility index (Phi) is 4.52. The molecule has 1 aromatic heterocycles. The van der Waals surface area contributed by atoms with Crippen LogP contribution in [-0.2, 0) is 16.9 Å². The highest BCUT2D eigenvalue weighted by atomic mass is 16.6. The van der Waals surface area contributed by atoms with Gasteiger partial charge in [-0.1, -0.05) is 30.3 Å². The lowest BCUT2D eigenvalue weighted by Crippen LogP contribution is -2.40. The molecule has 1 amide bonds. The van der Waals surface area contributed by atoms with Crippen molar-refractivity contribution in [2.45, 2.75) is 19.1 Å². The van der Waals surface area contributed by atoms with Crippen LogP contribution in [0.15, 0.2) is 42.6 Å². The molecule has 2 rings (SSSR count). The summed E-state index contributed by atoms with van der Waals surface area (Å²) in [4.78, 5) is 21.7. The van der Waals surface area contributed by atoms with Crippen LogP contribution in [0.3, 0.4) is 0 Å². The molecule has 0 bridgehead atoms. The first-order valence-corrected chi connectivity index (χ1v) is 6.61. The van der Waals surface area contributed by atoms with Gasteiger partial charge in [0.25, 0.3) is 0 Å². The highest BCUT2D eigenvalue weighted by Gasteiger charge is 2.23. The molecule has 1 atom stereocenters. The van der Waals surface area contributed by atoms with E-state index in [4.69, 9.17) is 0 Å². The lowest BCUT2D eigenvalue weighted by atomic mass is 9.96. The predicted octanol–water partition coefficient (Wildman–Crippen LogP) is 0.815. The van der Waals surface area contributed by atoms with E-state index in [1.807, 2.05) is 6.07 Å². The molecule has 2 aromatic rings. The molecule has 1 aromatic carbocycles. The third-order valence-corrected chi connectivity index (χ3v) is 3.14. The molecular formula is C14H16N4O4. The lowest BCUT2D eigenvalue weighted by molar-refractivity contribution is -0.389. The van der Waals surface area contributed by atoms with Gasteiger partial charge in [-0.3, -0.25) is 4.79 Å². The zero-order valence-corrected chi connectivity index (χ0v) is 12.0.